The van der Waals surface area contributed by atoms with E-state index in [1.807, 2.05) is 0 Å². The van der Waals surface area contributed by atoms with Gasteiger partial charge in [-0.05, 0) is 12.1 Å². The molecule has 0 saturated heterocycles. The molecule has 17 heavy (non-hydrogen) atoms. The Morgan fingerprint density at radius 1 is 1.12 bits per heavy atom. The molecule has 0 fully saturated rings. The van der Waals surface area contributed by atoms with Crippen LogP contribution in [0.15, 0.2) is 36.7 Å². The lowest BCUT2D eigenvalue weighted by Gasteiger charge is -2.03. The highest BCUT2D eigenvalue weighted by atomic mass is 19.4. The highest BCUT2D eigenvalue weighted by Gasteiger charge is 2.32. The Labute approximate surface area is 93.5 Å². The number of nitrogens with zero attached hydrogens (tertiary/aromatic N) is 3. The zero-order valence-electron chi connectivity index (χ0n) is 8.44. The van der Waals surface area contributed by atoms with E-state index >= 15 is 0 Å². The Morgan fingerprint density at radius 3 is 2.71 bits per heavy atom. The van der Waals surface area contributed by atoms with Crippen molar-refractivity contribution in [2.24, 2.45) is 0 Å². The summed E-state index contributed by atoms with van der Waals surface area (Å²) < 4.78 is 37.5. The summed E-state index contributed by atoms with van der Waals surface area (Å²) in [5, 5.41) is 4.68. The molecule has 3 aromatic rings. The maximum atomic E-state index is 12.5. The third-order valence-corrected chi connectivity index (χ3v) is 2.52. The van der Waals surface area contributed by atoms with Gasteiger partial charge in [-0.15, -0.1) is 13.2 Å². The molecule has 0 aliphatic heterocycles. The van der Waals surface area contributed by atoms with Gasteiger partial charge in [-0.3, -0.25) is 4.98 Å². The van der Waals surface area contributed by atoms with Crippen LogP contribution in [0.4, 0.5) is 13.2 Å². The molecule has 0 atom stereocenters. The van der Waals surface area contributed by atoms with Gasteiger partial charge >= 0.3 is 6.30 Å². The van der Waals surface area contributed by atoms with E-state index in [0.717, 1.165) is 11.6 Å². The summed E-state index contributed by atoms with van der Waals surface area (Å²) in [6, 6.07) is 6.80. The summed E-state index contributed by atoms with van der Waals surface area (Å²) in [7, 11) is 0. The van der Waals surface area contributed by atoms with E-state index < -0.39 is 6.30 Å². The molecule has 0 amide bonds. The number of benzene rings is 1. The van der Waals surface area contributed by atoms with Gasteiger partial charge in [0.2, 0.25) is 0 Å². The zero-order valence-corrected chi connectivity index (χ0v) is 8.44. The smallest absolute Gasteiger partial charge is 0.255 e. The second kappa shape index (κ2) is 3.19. The number of hydrogen-bond acceptors (Lipinski definition) is 2. The van der Waals surface area contributed by atoms with E-state index in [9.17, 15) is 13.2 Å². The van der Waals surface area contributed by atoms with Gasteiger partial charge in [0.25, 0.3) is 0 Å². The predicted octanol–water partition coefficient (Wildman–Crippen LogP) is 3.06. The van der Waals surface area contributed by atoms with Crippen LogP contribution in [0.5, 0.6) is 0 Å². The van der Waals surface area contributed by atoms with E-state index in [1.165, 1.54) is 0 Å². The second-order valence-corrected chi connectivity index (χ2v) is 3.61. The van der Waals surface area contributed by atoms with Gasteiger partial charge in [0.1, 0.15) is 0 Å². The monoisotopic (exact) mass is 237 g/mol. The van der Waals surface area contributed by atoms with E-state index in [4.69, 9.17) is 0 Å². The Morgan fingerprint density at radius 2 is 1.94 bits per heavy atom. The van der Waals surface area contributed by atoms with Crippen molar-refractivity contribution >= 4 is 21.8 Å². The van der Waals surface area contributed by atoms with Gasteiger partial charge in [0.05, 0.1) is 11.0 Å². The summed E-state index contributed by atoms with van der Waals surface area (Å²) in [5.41, 5.74) is 0.814. The summed E-state index contributed by atoms with van der Waals surface area (Å²) in [5.74, 6) is 0. The van der Waals surface area contributed by atoms with Crippen molar-refractivity contribution in [3.63, 3.8) is 0 Å². The van der Waals surface area contributed by atoms with Crippen LogP contribution in [0.25, 0.3) is 21.8 Å². The Kier molecular flexibility index (Phi) is 1.89. The summed E-state index contributed by atoms with van der Waals surface area (Å²) in [6.45, 7) is 0. The first-order valence-corrected chi connectivity index (χ1v) is 4.86. The van der Waals surface area contributed by atoms with E-state index in [2.05, 4.69) is 10.1 Å². The molecule has 0 aliphatic carbocycles. The average Bonchev–Trinajstić information content (AvgIpc) is 2.72. The molecule has 0 saturated carbocycles. The van der Waals surface area contributed by atoms with Crippen molar-refractivity contribution in [2.45, 2.75) is 6.30 Å². The van der Waals surface area contributed by atoms with Gasteiger partial charge in [-0.25, -0.2) is 0 Å². The zero-order chi connectivity index (χ0) is 12.0. The largest absolute Gasteiger partial charge is 0.504 e. The molecule has 2 heterocycles. The second-order valence-electron chi connectivity index (χ2n) is 3.61. The number of aromatic nitrogens is 3. The maximum Gasteiger partial charge on any atom is 0.504 e. The third-order valence-electron chi connectivity index (χ3n) is 2.52. The summed E-state index contributed by atoms with van der Waals surface area (Å²) in [6.07, 6.45) is -1.99. The van der Waals surface area contributed by atoms with Crippen molar-refractivity contribution in [1.82, 2.24) is 14.8 Å². The third kappa shape index (κ3) is 1.52. The first-order chi connectivity index (χ1) is 8.05. The van der Waals surface area contributed by atoms with Crippen molar-refractivity contribution in [3.8, 4) is 0 Å². The van der Waals surface area contributed by atoms with Crippen molar-refractivity contribution < 1.29 is 13.2 Å². The van der Waals surface area contributed by atoms with Crippen LogP contribution < -0.4 is 0 Å². The first kappa shape index (κ1) is 10.1. The van der Waals surface area contributed by atoms with Gasteiger partial charge < -0.3 is 0 Å². The molecule has 86 valence electrons. The van der Waals surface area contributed by atoms with Gasteiger partial charge in [0.15, 0.2) is 0 Å². The Hall–Kier alpha value is -2.11. The fraction of sp³-hybridized carbons (Fsp3) is 0.0909. The molecule has 6 heteroatoms. The molecule has 0 bridgehead atoms. The van der Waals surface area contributed by atoms with E-state index in [-0.39, 0.29) is 10.2 Å². The summed E-state index contributed by atoms with van der Waals surface area (Å²) >= 11 is 0. The number of fused-ring (bicyclic) bond motifs is 3. The van der Waals surface area contributed by atoms with Crippen LogP contribution in [-0.4, -0.2) is 14.8 Å². The number of rotatable bonds is 0. The molecule has 3 rings (SSSR count). The standard InChI is InChI=1S/C11H6F3N3/c12-11(13,14)17-6-8-9(16-17)4-3-7-2-1-5-15-10(7)8/h1-6H. The quantitative estimate of drug-likeness (QED) is 0.601. The Bertz CT molecular complexity index is 700. The first-order valence-electron chi connectivity index (χ1n) is 4.86. The van der Waals surface area contributed by atoms with Gasteiger partial charge in [-0.1, -0.05) is 12.1 Å². The van der Waals surface area contributed by atoms with Crippen molar-refractivity contribution in [3.05, 3.63) is 36.7 Å². The molecular formula is C11H6F3N3. The minimum absolute atomic E-state index is 0.00574. The lowest BCUT2D eigenvalue weighted by molar-refractivity contribution is -0.211. The molecule has 0 N–H and O–H groups in total. The molecule has 0 spiro atoms. The molecule has 3 nitrogen and oxygen atoms in total. The molecule has 1 aromatic carbocycles. The van der Waals surface area contributed by atoms with Crippen molar-refractivity contribution in [1.29, 1.82) is 0 Å². The van der Waals surface area contributed by atoms with Crippen LogP contribution in [-0.2, 0) is 6.30 Å². The molecule has 0 radical (unpaired) electrons. The highest BCUT2D eigenvalue weighted by Crippen LogP contribution is 2.27. The van der Waals surface area contributed by atoms with Gasteiger partial charge in [0, 0.05) is 23.2 Å². The van der Waals surface area contributed by atoms with Crippen LogP contribution >= 0.6 is 0 Å². The minimum Gasteiger partial charge on any atom is -0.255 e. The van der Waals surface area contributed by atoms with Crippen LogP contribution in [0.1, 0.15) is 0 Å². The number of hydrogen-bond donors (Lipinski definition) is 0. The number of halogens is 3. The SMILES string of the molecule is FC(F)(F)n1cc2c(ccc3cccnc32)n1. The van der Waals surface area contributed by atoms with Crippen LogP contribution in [0.3, 0.4) is 0 Å². The van der Waals surface area contributed by atoms with Crippen molar-refractivity contribution in [2.75, 3.05) is 0 Å². The lowest BCUT2D eigenvalue weighted by Crippen LogP contribution is -2.16. The molecular weight excluding hydrogens is 231 g/mol. The molecule has 2 aromatic heterocycles. The van der Waals surface area contributed by atoms with E-state index in [0.29, 0.717) is 10.9 Å². The highest BCUT2D eigenvalue weighted by molar-refractivity contribution is 6.03. The molecule has 0 unspecified atom stereocenters. The topological polar surface area (TPSA) is 30.7 Å². The summed E-state index contributed by atoms with van der Waals surface area (Å²) in [4.78, 5) is 4.08. The van der Waals surface area contributed by atoms with Crippen LogP contribution in [0.2, 0.25) is 0 Å². The fourth-order valence-corrected chi connectivity index (χ4v) is 1.77. The molecule has 0 aliphatic rings. The predicted molar refractivity (Wildman–Crippen MR) is 56.3 cm³/mol. The fourth-order valence-electron chi connectivity index (χ4n) is 1.77. The lowest BCUT2D eigenvalue weighted by atomic mass is 10.1. The number of pyridine rings is 1. The minimum atomic E-state index is -4.50. The average molecular weight is 237 g/mol. The van der Waals surface area contributed by atoms with E-state index in [1.54, 1.807) is 30.5 Å². The van der Waals surface area contributed by atoms with Crippen LogP contribution in [0, 0.1) is 0 Å². The maximum absolute atomic E-state index is 12.5. The Balaban J connectivity index is 2.39. The number of alkyl halides is 3. The normalized spacial score (nSPS) is 12.4. The van der Waals surface area contributed by atoms with Gasteiger partial charge in [-0.2, -0.15) is 9.78 Å².